The number of benzene rings is 1. The van der Waals surface area contributed by atoms with Crippen molar-refractivity contribution in [1.82, 2.24) is 9.97 Å². The van der Waals surface area contributed by atoms with E-state index in [0.717, 1.165) is 43.2 Å². The van der Waals surface area contributed by atoms with Gasteiger partial charge >= 0.3 is 0 Å². The zero-order chi connectivity index (χ0) is 15.2. The maximum Gasteiger partial charge on any atom is 0.224 e. The monoisotopic (exact) mass is 299 g/mol. The van der Waals surface area contributed by atoms with Gasteiger partial charge in [0.15, 0.2) is 5.82 Å². The summed E-state index contributed by atoms with van der Waals surface area (Å²) in [6, 6.07) is 10.4. The van der Waals surface area contributed by atoms with Crippen molar-refractivity contribution in [3.8, 4) is 0 Å². The Kier molecular flexibility index (Phi) is 4.70. The largest absolute Gasteiger partial charge is 0.384 e. The predicted molar refractivity (Wildman–Crippen MR) is 88.8 cm³/mol. The molecule has 6 heteroatoms. The highest BCUT2D eigenvalue weighted by Crippen LogP contribution is 2.24. The average Bonchev–Trinajstić information content (AvgIpc) is 2.57. The van der Waals surface area contributed by atoms with Crippen LogP contribution in [0.4, 0.5) is 23.1 Å². The molecular formula is C16H21N5O. The summed E-state index contributed by atoms with van der Waals surface area (Å²) in [7, 11) is 1.86. The molecule has 116 valence electrons. The Morgan fingerprint density at radius 3 is 2.64 bits per heavy atom. The summed E-state index contributed by atoms with van der Waals surface area (Å²) in [6.07, 6.45) is 3.76. The minimum atomic E-state index is 0.374. The minimum absolute atomic E-state index is 0.374. The van der Waals surface area contributed by atoms with Crippen LogP contribution in [0.3, 0.4) is 0 Å². The van der Waals surface area contributed by atoms with Crippen LogP contribution in [-0.2, 0) is 4.74 Å². The highest BCUT2D eigenvalue weighted by atomic mass is 16.5. The fourth-order valence-electron chi connectivity index (χ4n) is 2.41. The number of ether oxygens (including phenoxy) is 1. The second-order valence-corrected chi connectivity index (χ2v) is 5.23. The van der Waals surface area contributed by atoms with Crippen molar-refractivity contribution < 1.29 is 4.74 Å². The number of para-hydroxylation sites is 1. The maximum absolute atomic E-state index is 5.37. The average molecular weight is 299 g/mol. The van der Waals surface area contributed by atoms with Gasteiger partial charge in [-0.3, -0.25) is 0 Å². The van der Waals surface area contributed by atoms with Crippen molar-refractivity contribution >= 4 is 23.1 Å². The molecule has 1 aliphatic rings. The summed E-state index contributed by atoms with van der Waals surface area (Å²) in [5.41, 5.74) is 1.86. The molecule has 2 heterocycles. The molecule has 3 N–H and O–H groups in total. The van der Waals surface area contributed by atoms with Crippen molar-refractivity contribution in [1.29, 1.82) is 0 Å². The van der Waals surface area contributed by atoms with Crippen molar-refractivity contribution in [3.05, 3.63) is 36.5 Å². The van der Waals surface area contributed by atoms with Gasteiger partial charge in [0, 0.05) is 32.0 Å². The van der Waals surface area contributed by atoms with Gasteiger partial charge in [-0.15, -0.1) is 0 Å². The van der Waals surface area contributed by atoms with E-state index in [4.69, 9.17) is 4.74 Å². The topological polar surface area (TPSA) is 71.1 Å². The lowest BCUT2D eigenvalue weighted by molar-refractivity contribution is 0.0903. The molecule has 0 saturated carbocycles. The van der Waals surface area contributed by atoms with Gasteiger partial charge in [0.2, 0.25) is 5.95 Å². The molecule has 0 spiro atoms. The smallest absolute Gasteiger partial charge is 0.224 e. The molecule has 1 fully saturated rings. The standard InChI is InChI=1S/C16H21N5O/c1-17-14-11-18-16(20-13-7-9-22-10-8-13)21-15(14)19-12-5-3-2-4-6-12/h2-6,11,13,17H,7-10H2,1H3,(H2,18,19,20,21). The zero-order valence-electron chi connectivity index (χ0n) is 12.7. The molecule has 3 rings (SSSR count). The second-order valence-electron chi connectivity index (χ2n) is 5.23. The van der Waals surface area contributed by atoms with Crippen molar-refractivity contribution in [2.75, 3.05) is 36.2 Å². The van der Waals surface area contributed by atoms with E-state index in [1.807, 2.05) is 37.4 Å². The number of anilines is 4. The van der Waals surface area contributed by atoms with Crippen LogP contribution in [0.5, 0.6) is 0 Å². The zero-order valence-corrected chi connectivity index (χ0v) is 12.7. The van der Waals surface area contributed by atoms with Crippen LogP contribution in [-0.4, -0.2) is 36.3 Å². The van der Waals surface area contributed by atoms with Crippen LogP contribution in [0, 0.1) is 0 Å². The van der Waals surface area contributed by atoms with Crippen LogP contribution >= 0.6 is 0 Å². The van der Waals surface area contributed by atoms with Crippen LogP contribution in [0.15, 0.2) is 36.5 Å². The van der Waals surface area contributed by atoms with Gasteiger partial charge in [-0.05, 0) is 25.0 Å². The van der Waals surface area contributed by atoms with E-state index in [2.05, 4.69) is 25.9 Å². The quantitative estimate of drug-likeness (QED) is 0.788. The van der Waals surface area contributed by atoms with Gasteiger partial charge in [0.25, 0.3) is 0 Å². The molecule has 6 nitrogen and oxygen atoms in total. The minimum Gasteiger partial charge on any atom is -0.384 e. The van der Waals surface area contributed by atoms with E-state index in [0.29, 0.717) is 12.0 Å². The molecule has 22 heavy (non-hydrogen) atoms. The third-order valence-electron chi connectivity index (χ3n) is 3.65. The van der Waals surface area contributed by atoms with Crippen LogP contribution in [0.1, 0.15) is 12.8 Å². The second kappa shape index (κ2) is 7.09. The number of hydrogen-bond acceptors (Lipinski definition) is 6. The Balaban J connectivity index is 1.76. The lowest BCUT2D eigenvalue weighted by Crippen LogP contribution is -2.28. The fraction of sp³-hybridized carbons (Fsp3) is 0.375. The number of nitrogens with one attached hydrogen (secondary N) is 3. The molecular weight excluding hydrogens is 278 g/mol. The summed E-state index contributed by atoms with van der Waals surface area (Å²) < 4.78 is 5.37. The predicted octanol–water partition coefficient (Wildman–Crippen LogP) is 2.85. The number of aromatic nitrogens is 2. The molecule has 0 radical (unpaired) electrons. The van der Waals surface area contributed by atoms with Crippen LogP contribution < -0.4 is 16.0 Å². The molecule has 0 amide bonds. The first kappa shape index (κ1) is 14.6. The molecule has 1 saturated heterocycles. The Morgan fingerprint density at radius 1 is 1.14 bits per heavy atom. The first-order valence-electron chi connectivity index (χ1n) is 7.56. The van der Waals surface area contributed by atoms with Crippen molar-refractivity contribution in [2.24, 2.45) is 0 Å². The molecule has 0 unspecified atom stereocenters. The van der Waals surface area contributed by atoms with Gasteiger partial charge in [-0.2, -0.15) is 4.98 Å². The van der Waals surface area contributed by atoms with Gasteiger partial charge < -0.3 is 20.7 Å². The van der Waals surface area contributed by atoms with E-state index in [-0.39, 0.29) is 0 Å². The van der Waals surface area contributed by atoms with Crippen molar-refractivity contribution in [2.45, 2.75) is 18.9 Å². The summed E-state index contributed by atoms with van der Waals surface area (Å²) in [5, 5.41) is 9.82. The van der Waals surface area contributed by atoms with Gasteiger partial charge in [-0.25, -0.2) is 4.98 Å². The Hall–Kier alpha value is -2.34. The van der Waals surface area contributed by atoms with E-state index >= 15 is 0 Å². The Bertz CT molecular complexity index is 599. The number of hydrogen-bond donors (Lipinski definition) is 3. The van der Waals surface area contributed by atoms with Crippen LogP contribution in [0.2, 0.25) is 0 Å². The van der Waals surface area contributed by atoms with Gasteiger partial charge in [0.1, 0.15) is 0 Å². The first-order valence-corrected chi connectivity index (χ1v) is 7.56. The third kappa shape index (κ3) is 3.65. The van der Waals surface area contributed by atoms with Gasteiger partial charge in [-0.1, -0.05) is 18.2 Å². The molecule has 1 aliphatic heterocycles. The first-order chi connectivity index (χ1) is 10.8. The fourth-order valence-corrected chi connectivity index (χ4v) is 2.41. The van der Waals surface area contributed by atoms with Crippen molar-refractivity contribution in [3.63, 3.8) is 0 Å². The summed E-state index contributed by atoms with van der Waals surface area (Å²) in [5.74, 6) is 1.41. The van der Waals surface area contributed by atoms with E-state index in [9.17, 15) is 0 Å². The molecule has 2 aromatic rings. The molecule has 1 aromatic heterocycles. The van der Waals surface area contributed by atoms with E-state index in [1.54, 1.807) is 6.20 Å². The lowest BCUT2D eigenvalue weighted by atomic mass is 10.1. The molecule has 0 atom stereocenters. The number of nitrogens with zero attached hydrogens (tertiary/aromatic N) is 2. The highest BCUT2D eigenvalue weighted by Gasteiger charge is 2.15. The van der Waals surface area contributed by atoms with E-state index in [1.165, 1.54) is 0 Å². The Morgan fingerprint density at radius 2 is 1.91 bits per heavy atom. The van der Waals surface area contributed by atoms with Crippen LogP contribution in [0.25, 0.3) is 0 Å². The highest BCUT2D eigenvalue weighted by molar-refractivity contribution is 5.70. The molecule has 1 aromatic carbocycles. The summed E-state index contributed by atoms with van der Waals surface area (Å²) >= 11 is 0. The SMILES string of the molecule is CNc1cnc(NC2CCOCC2)nc1Nc1ccccc1. The maximum atomic E-state index is 5.37. The normalized spacial score (nSPS) is 15.3. The molecule has 0 bridgehead atoms. The number of rotatable bonds is 5. The van der Waals surface area contributed by atoms with Gasteiger partial charge in [0.05, 0.1) is 11.9 Å². The summed E-state index contributed by atoms with van der Waals surface area (Å²) in [4.78, 5) is 8.98. The molecule has 0 aliphatic carbocycles. The lowest BCUT2D eigenvalue weighted by Gasteiger charge is -2.23. The summed E-state index contributed by atoms with van der Waals surface area (Å²) in [6.45, 7) is 1.59. The third-order valence-corrected chi connectivity index (χ3v) is 3.65. The Labute approximate surface area is 130 Å². The van der Waals surface area contributed by atoms with E-state index < -0.39 is 0 Å².